The van der Waals surface area contributed by atoms with Gasteiger partial charge < -0.3 is 18.7 Å². The van der Waals surface area contributed by atoms with Crippen LogP contribution in [0.3, 0.4) is 0 Å². The first kappa shape index (κ1) is 23.8. The highest BCUT2D eigenvalue weighted by Gasteiger charge is 2.51. The Balaban J connectivity index is 3.17. The molecule has 0 amide bonds. The van der Waals surface area contributed by atoms with Crippen LogP contribution < -0.4 is 0 Å². The van der Waals surface area contributed by atoms with Gasteiger partial charge in [-0.05, 0) is 43.2 Å². The van der Waals surface area contributed by atoms with Crippen LogP contribution >= 0.6 is 15.9 Å². The zero-order valence-corrected chi connectivity index (χ0v) is 21.5. The standard InChI is InChI=1S/C18H39BrO4Si2/c1-12-14(22-24(8,9)17(2,3)4)15(13(19)16(20)21-12)23-25(10,11)18(5,6)7/h12-16,20H,1-11H3/t12-,13-,14-,15-,16-/m0/s1. The zero-order chi connectivity index (χ0) is 20.0. The molecule has 0 aliphatic carbocycles. The minimum atomic E-state index is -2.02. The van der Waals surface area contributed by atoms with Gasteiger partial charge in [0.1, 0.15) is 0 Å². The summed E-state index contributed by atoms with van der Waals surface area (Å²) in [6, 6.07) is 0. The van der Waals surface area contributed by atoms with Gasteiger partial charge in [0.25, 0.3) is 0 Å². The summed E-state index contributed by atoms with van der Waals surface area (Å²) >= 11 is 3.62. The van der Waals surface area contributed by atoms with Crippen molar-refractivity contribution in [2.45, 2.75) is 114 Å². The molecule has 7 heteroatoms. The number of halogens is 1. The molecule has 4 nitrogen and oxygen atoms in total. The van der Waals surface area contributed by atoms with Crippen molar-refractivity contribution >= 4 is 32.6 Å². The third kappa shape index (κ3) is 5.39. The van der Waals surface area contributed by atoms with E-state index < -0.39 is 22.9 Å². The molecule has 25 heavy (non-hydrogen) atoms. The van der Waals surface area contributed by atoms with Crippen LogP contribution in [0.5, 0.6) is 0 Å². The predicted molar refractivity (Wildman–Crippen MR) is 113 cm³/mol. The summed E-state index contributed by atoms with van der Waals surface area (Å²) in [4.78, 5) is -0.299. The van der Waals surface area contributed by atoms with Gasteiger partial charge in [0.05, 0.1) is 23.1 Å². The fraction of sp³-hybridized carbons (Fsp3) is 1.00. The second-order valence-electron chi connectivity index (χ2n) is 10.4. The van der Waals surface area contributed by atoms with E-state index in [0.717, 1.165) is 0 Å². The fourth-order valence-electron chi connectivity index (χ4n) is 2.31. The maximum absolute atomic E-state index is 10.3. The molecule has 1 aliphatic heterocycles. The molecule has 5 atom stereocenters. The molecular formula is C18H39BrO4Si2. The number of rotatable bonds is 4. The predicted octanol–water partition coefficient (Wildman–Crippen LogP) is 5.27. The molecular weight excluding hydrogens is 416 g/mol. The molecule has 0 radical (unpaired) electrons. The van der Waals surface area contributed by atoms with E-state index in [1.807, 2.05) is 6.92 Å². The van der Waals surface area contributed by atoms with Gasteiger partial charge in [0.2, 0.25) is 0 Å². The van der Waals surface area contributed by atoms with Crippen LogP contribution in [0.1, 0.15) is 48.5 Å². The molecule has 150 valence electrons. The molecule has 1 heterocycles. The second kappa shape index (κ2) is 7.64. The van der Waals surface area contributed by atoms with Crippen molar-refractivity contribution in [2.24, 2.45) is 0 Å². The number of aliphatic hydroxyl groups is 1. The average molecular weight is 456 g/mol. The zero-order valence-electron chi connectivity index (χ0n) is 17.9. The Kier molecular flexibility index (Phi) is 7.27. The van der Waals surface area contributed by atoms with E-state index in [1.165, 1.54) is 0 Å². The number of hydrogen-bond acceptors (Lipinski definition) is 4. The molecule has 1 saturated heterocycles. The smallest absolute Gasteiger partial charge is 0.192 e. The maximum Gasteiger partial charge on any atom is 0.192 e. The molecule has 0 bridgehead atoms. The van der Waals surface area contributed by atoms with Crippen molar-refractivity contribution in [3.8, 4) is 0 Å². The van der Waals surface area contributed by atoms with Gasteiger partial charge in [-0.15, -0.1) is 0 Å². The number of ether oxygens (including phenoxy) is 1. The van der Waals surface area contributed by atoms with Crippen LogP contribution in [0, 0.1) is 0 Å². The Morgan fingerprint density at radius 3 is 1.56 bits per heavy atom. The molecule has 0 aromatic heterocycles. The van der Waals surface area contributed by atoms with Gasteiger partial charge >= 0.3 is 0 Å². The Bertz CT molecular complexity index is 457. The molecule has 0 saturated carbocycles. The summed E-state index contributed by atoms with van der Waals surface area (Å²) in [5.41, 5.74) is 0. The summed E-state index contributed by atoms with van der Waals surface area (Å²) in [5, 5.41) is 10.5. The summed E-state index contributed by atoms with van der Waals surface area (Å²) < 4.78 is 19.2. The summed E-state index contributed by atoms with van der Waals surface area (Å²) in [7, 11) is -4.01. The highest BCUT2D eigenvalue weighted by molar-refractivity contribution is 9.09. The van der Waals surface area contributed by atoms with Crippen molar-refractivity contribution < 1.29 is 18.7 Å². The van der Waals surface area contributed by atoms with E-state index in [4.69, 9.17) is 13.6 Å². The highest BCUT2D eigenvalue weighted by atomic mass is 79.9. The van der Waals surface area contributed by atoms with E-state index in [9.17, 15) is 5.11 Å². The minimum Gasteiger partial charge on any atom is -0.410 e. The first-order chi connectivity index (χ1) is 10.9. The van der Waals surface area contributed by atoms with Crippen LogP contribution in [0.15, 0.2) is 0 Å². The Labute approximate surface area is 165 Å². The fourth-order valence-corrected chi connectivity index (χ4v) is 5.72. The van der Waals surface area contributed by atoms with Crippen LogP contribution in [0.25, 0.3) is 0 Å². The molecule has 0 aromatic rings. The Morgan fingerprint density at radius 2 is 1.20 bits per heavy atom. The molecule has 1 fully saturated rings. The Morgan fingerprint density at radius 1 is 0.840 bits per heavy atom. The lowest BCUT2D eigenvalue weighted by molar-refractivity contribution is -0.214. The molecule has 0 unspecified atom stereocenters. The lowest BCUT2D eigenvalue weighted by Gasteiger charge is -2.50. The van der Waals surface area contributed by atoms with Crippen molar-refractivity contribution in [1.29, 1.82) is 0 Å². The molecule has 0 spiro atoms. The van der Waals surface area contributed by atoms with Gasteiger partial charge in [-0.2, -0.15) is 0 Å². The monoisotopic (exact) mass is 454 g/mol. The van der Waals surface area contributed by atoms with Gasteiger partial charge in [0, 0.05) is 0 Å². The molecule has 1 aliphatic rings. The first-order valence-corrected chi connectivity index (χ1v) is 16.0. The first-order valence-electron chi connectivity index (χ1n) is 9.24. The number of hydrogen-bond donors (Lipinski definition) is 1. The minimum absolute atomic E-state index is 0.0910. The summed E-state index contributed by atoms with van der Waals surface area (Å²) in [5.74, 6) is 0. The van der Waals surface area contributed by atoms with Crippen LogP contribution in [0.4, 0.5) is 0 Å². The number of aliphatic hydroxyl groups excluding tert-OH is 1. The van der Waals surface area contributed by atoms with Gasteiger partial charge in [-0.1, -0.05) is 57.5 Å². The van der Waals surface area contributed by atoms with Crippen LogP contribution in [0.2, 0.25) is 36.3 Å². The molecule has 0 aromatic carbocycles. The quantitative estimate of drug-likeness (QED) is 0.464. The molecule has 1 N–H and O–H groups in total. The largest absolute Gasteiger partial charge is 0.410 e. The summed E-state index contributed by atoms with van der Waals surface area (Å²) in [6.45, 7) is 24.3. The van der Waals surface area contributed by atoms with E-state index in [2.05, 4.69) is 83.7 Å². The SMILES string of the molecule is C[C@@H]1O[C@H](O)[C@@H](Br)[C@H](O[Si](C)(C)C(C)(C)C)[C@H]1O[Si](C)(C)C(C)(C)C. The van der Waals surface area contributed by atoms with E-state index in [-0.39, 0.29) is 33.2 Å². The van der Waals surface area contributed by atoms with E-state index >= 15 is 0 Å². The van der Waals surface area contributed by atoms with Crippen LogP contribution in [-0.2, 0) is 13.6 Å². The van der Waals surface area contributed by atoms with Crippen molar-refractivity contribution in [3.05, 3.63) is 0 Å². The van der Waals surface area contributed by atoms with Gasteiger partial charge in [0.15, 0.2) is 22.9 Å². The molecule has 1 rings (SSSR count). The van der Waals surface area contributed by atoms with Crippen LogP contribution in [-0.4, -0.2) is 51.2 Å². The lowest BCUT2D eigenvalue weighted by atomic mass is 10.0. The normalized spacial score (nSPS) is 32.8. The number of alkyl halides is 1. The van der Waals surface area contributed by atoms with Crippen molar-refractivity contribution in [1.82, 2.24) is 0 Å². The Hall–Kier alpha value is 0.754. The highest BCUT2D eigenvalue weighted by Crippen LogP contribution is 2.43. The van der Waals surface area contributed by atoms with Gasteiger partial charge in [-0.25, -0.2) is 0 Å². The lowest BCUT2D eigenvalue weighted by Crippen LogP contribution is -2.63. The topological polar surface area (TPSA) is 47.9 Å². The maximum atomic E-state index is 10.3. The third-order valence-corrected chi connectivity index (χ3v) is 16.1. The second-order valence-corrected chi connectivity index (χ2v) is 20.9. The van der Waals surface area contributed by atoms with Gasteiger partial charge in [-0.3, -0.25) is 0 Å². The van der Waals surface area contributed by atoms with E-state index in [0.29, 0.717) is 0 Å². The summed E-state index contributed by atoms with van der Waals surface area (Å²) in [6.07, 6.45) is -1.52. The van der Waals surface area contributed by atoms with Crippen molar-refractivity contribution in [3.63, 3.8) is 0 Å². The van der Waals surface area contributed by atoms with E-state index in [1.54, 1.807) is 0 Å². The third-order valence-electron chi connectivity index (χ3n) is 6.20. The van der Waals surface area contributed by atoms with Crippen molar-refractivity contribution in [2.75, 3.05) is 0 Å². The average Bonchev–Trinajstić information content (AvgIpc) is 2.37.